The van der Waals surface area contributed by atoms with Crippen LogP contribution in [0, 0.1) is 13.8 Å². The number of amides is 1. The number of benzene rings is 2. The molecule has 2 aromatic carbocycles. The first-order valence-electron chi connectivity index (χ1n) is 12.3. The molecule has 11 heteroatoms. The second kappa shape index (κ2) is 10.6. The molecule has 8 nitrogen and oxygen atoms in total. The van der Waals surface area contributed by atoms with Gasteiger partial charge >= 0.3 is 5.91 Å². The van der Waals surface area contributed by atoms with E-state index in [1.165, 1.54) is 33.6 Å². The van der Waals surface area contributed by atoms with Gasteiger partial charge in [0, 0.05) is 16.4 Å². The fourth-order valence-corrected chi connectivity index (χ4v) is 6.79. The van der Waals surface area contributed by atoms with E-state index >= 15 is 0 Å². The van der Waals surface area contributed by atoms with Crippen LogP contribution in [0.4, 0.5) is 5.13 Å². The molecule has 1 aliphatic heterocycles. The molecule has 1 atom stereocenters. The third-order valence-corrected chi connectivity index (χ3v) is 9.30. The molecular weight excluding hydrogens is 610 g/mol. The minimum Gasteiger partial charge on any atom is -0.505 e. The number of nitrogens with zero attached hydrogens (tertiary/aromatic N) is 5. The number of halogens is 1. The molecule has 1 N–H and O–H groups in total. The number of aliphatic hydroxyl groups is 1. The van der Waals surface area contributed by atoms with Crippen molar-refractivity contribution in [2.24, 2.45) is 0 Å². The number of carbonyl (C=O) groups excluding carboxylic acids is 2. The fraction of sp³-hybridized carbons (Fsp3) is 0.138. The third-order valence-electron chi connectivity index (χ3n) is 6.64. The summed E-state index contributed by atoms with van der Waals surface area (Å²) in [4.78, 5) is 33.0. The number of aromatic nitrogens is 4. The van der Waals surface area contributed by atoms with Crippen LogP contribution >= 0.6 is 39.0 Å². The average Bonchev–Trinajstić information content (AvgIpc) is 3.62. The summed E-state index contributed by atoms with van der Waals surface area (Å²) in [6.07, 6.45) is 1.76. The summed E-state index contributed by atoms with van der Waals surface area (Å²) in [6.45, 7) is 3.80. The minimum atomic E-state index is -0.898. The number of rotatable bonds is 6. The Balaban J connectivity index is 1.43. The van der Waals surface area contributed by atoms with Crippen molar-refractivity contribution in [1.29, 1.82) is 0 Å². The van der Waals surface area contributed by atoms with Crippen LogP contribution in [0.2, 0.25) is 0 Å². The van der Waals surface area contributed by atoms with Crippen LogP contribution in [0.3, 0.4) is 0 Å². The molecule has 5 aromatic rings. The molecule has 1 saturated heterocycles. The number of hydrogen-bond acceptors (Lipinski definition) is 8. The standard InChI is InChI=1S/C29H22BrN5O3S2/c1-16-6-8-18(9-7-16)15-39-29-33-32-28(40-29)35-24(19-10-12-20(30)13-11-19)22(26(37)27(35)38)25(36)23-17(2)31-21-5-3-4-14-34(21)23/h3-14,24,36H,15H2,1-2H3/b25-22+. The summed E-state index contributed by atoms with van der Waals surface area (Å²) in [5.74, 6) is -1.16. The van der Waals surface area contributed by atoms with Gasteiger partial charge in [-0.1, -0.05) is 87.1 Å². The number of pyridine rings is 1. The van der Waals surface area contributed by atoms with Crippen LogP contribution in [0.15, 0.2) is 87.3 Å². The van der Waals surface area contributed by atoms with Gasteiger partial charge in [-0.05, 0) is 49.2 Å². The summed E-state index contributed by atoms with van der Waals surface area (Å²) in [5, 5.41) is 20.5. The van der Waals surface area contributed by atoms with Crippen LogP contribution in [0.1, 0.15) is 34.1 Å². The summed E-state index contributed by atoms with van der Waals surface area (Å²) in [7, 11) is 0. The highest BCUT2D eigenvalue weighted by Crippen LogP contribution is 2.44. The van der Waals surface area contributed by atoms with Crippen LogP contribution in [0.5, 0.6) is 0 Å². The second-order valence-electron chi connectivity index (χ2n) is 9.32. The lowest BCUT2D eigenvalue weighted by Gasteiger charge is -2.22. The van der Waals surface area contributed by atoms with Gasteiger partial charge in [0.05, 0.1) is 17.3 Å². The number of aliphatic hydroxyl groups excluding tert-OH is 1. The average molecular weight is 633 g/mol. The monoisotopic (exact) mass is 631 g/mol. The Hall–Kier alpha value is -3.80. The molecule has 0 radical (unpaired) electrons. The van der Waals surface area contributed by atoms with Gasteiger partial charge in [0.1, 0.15) is 11.3 Å². The van der Waals surface area contributed by atoms with Gasteiger partial charge in [-0.2, -0.15) is 0 Å². The fourth-order valence-electron chi connectivity index (χ4n) is 4.70. The Morgan fingerprint density at radius 3 is 2.52 bits per heavy atom. The van der Waals surface area contributed by atoms with E-state index in [1.54, 1.807) is 17.5 Å². The van der Waals surface area contributed by atoms with Gasteiger partial charge in [-0.25, -0.2) is 4.98 Å². The summed E-state index contributed by atoms with van der Waals surface area (Å²) in [5.41, 5.74) is 4.48. The Kier molecular flexibility index (Phi) is 7.03. The molecule has 4 heterocycles. The zero-order valence-corrected chi connectivity index (χ0v) is 24.6. The van der Waals surface area contributed by atoms with Crippen LogP contribution in [-0.4, -0.2) is 36.4 Å². The lowest BCUT2D eigenvalue weighted by atomic mass is 9.96. The second-order valence-corrected chi connectivity index (χ2v) is 12.4. The quantitative estimate of drug-likeness (QED) is 0.0752. The summed E-state index contributed by atoms with van der Waals surface area (Å²) < 4.78 is 3.22. The van der Waals surface area contributed by atoms with E-state index in [4.69, 9.17) is 0 Å². The molecule has 1 amide bonds. The zero-order chi connectivity index (χ0) is 28.0. The van der Waals surface area contributed by atoms with E-state index in [9.17, 15) is 14.7 Å². The lowest BCUT2D eigenvalue weighted by Crippen LogP contribution is -2.29. The highest BCUT2D eigenvalue weighted by atomic mass is 79.9. The number of Topliss-reactive ketones (excluding diaryl/α,β-unsaturated/α-hetero) is 1. The van der Waals surface area contributed by atoms with Gasteiger partial charge < -0.3 is 5.11 Å². The smallest absolute Gasteiger partial charge is 0.301 e. The van der Waals surface area contributed by atoms with E-state index in [0.717, 1.165) is 10.0 Å². The lowest BCUT2D eigenvalue weighted by molar-refractivity contribution is -0.132. The van der Waals surface area contributed by atoms with Crippen LogP contribution < -0.4 is 4.90 Å². The normalized spacial score (nSPS) is 16.8. The number of hydrogen-bond donors (Lipinski definition) is 1. The van der Waals surface area contributed by atoms with Crippen LogP contribution in [-0.2, 0) is 15.3 Å². The SMILES string of the molecule is Cc1ccc(CSc2nnc(N3C(=O)C(=O)/C(=C(/O)c4c(C)nc5ccccn45)C3c3ccc(Br)cc3)s2)cc1. The van der Waals surface area contributed by atoms with Crippen molar-refractivity contribution in [3.05, 3.63) is 111 Å². The van der Waals surface area contributed by atoms with E-state index in [-0.39, 0.29) is 16.5 Å². The highest BCUT2D eigenvalue weighted by Gasteiger charge is 2.48. The molecule has 200 valence electrons. The van der Waals surface area contributed by atoms with Crippen molar-refractivity contribution in [2.75, 3.05) is 4.90 Å². The number of carbonyl (C=O) groups is 2. The number of ketones is 1. The van der Waals surface area contributed by atoms with E-state index < -0.39 is 17.7 Å². The number of thioether (sulfide) groups is 1. The van der Waals surface area contributed by atoms with Gasteiger partial charge in [0.2, 0.25) is 5.13 Å². The molecule has 1 aliphatic rings. The maximum atomic E-state index is 13.6. The molecule has 1 fully saturated rings. The van der Waals surface area contributed by atoms with Gasteiger partial charge in [0.15, 0.2) is 10.1 Å². The Morgan fingerprint density at radius 2 is 1.77 bits per heavy atom. The van der Waals surface area contributed by atoms with Gasteiger partial charge in [-0.15, -0.1) is 10.2 Å². The Morgan fingerprint density at radius 1 is 1.02 bits per heavy atom. The van der Waals surface area contributed by atoms with Crippen molar-refractivity contribution in [3.8, 4) is 0 Å². The van der Waals surface area contributed by atoms with Crippen LogP contribution in [0.25, 0.3) is 11.4 Å². The van der Waals surface area contributed by atoms with Gasteiger partial charge in [-0.3, -0.25) is 18.9 Å². The van der Waals surface area contributed by atoms with Crippen molar-refractivity contribution < 1.29 is 14.7 Å². The maximum absolute atomic E-state index is 13.6. The molecule has 0 aliphatic carbocycles. The van der Waals surface area contributed by atoms with E-state index in [2.05, 4.69) is 55.4 Å². The van der Waals surface area contributed by atoms with Gasteiger partial charge in [0.25, 0.3) is 5.78 Å². The zero-order valence-electron chi connectivity index (χ0n) is 21.4. The Bertz CT molecular complexity index is 1790. The first kappa shape index (κ1) is 26.4. The van der Waals surface area contributed by atoms with Crippen molar-refractivity contribution in [1.82, 2.24) is 19.6 Å². The predicted molar refractivity (Wildman–Crippen MR) is 160 cm³/mol. The number of imidazole rings is 1. The summed E-state index contributed by atoms with van der Waals surface area (Å²) in [6, 6.07) is 20.1. The molecule has 1 unspecified atom stereocenters. The molecule has 0 spiro atoms. The first-order valence-corrected chi connectivity index (χ1v) is 14.9. The highest BCUT2D eigenvalue weighted by molar-refractivity contribution is 9.10. The van der Waals surface area contributed by atoms with Crippen molar-refractivity contribution in [3.63, 3.8) is 0 Å². The molecule has 3 aromatic heterocycles. The van der Waals surface area contributed by atoms with E-state index in [1.807, 2.05) is 49.4 Å². The molecule has 0 saturated carbocycles. The molecular formula is C29H22BrN5O3S2. The van der Waals surface area contributed by atoms with Crippen molar-refractivity contribution in [2.45, 2.75) is 30.0 Å². The predicted octanol–water partition coefficient (Wildman–Crippen LogP) is 6.48. The molecule has 6 rings (SSSR count). The first-order chi connectivity index (χ1) is 19.3. The Labute approximate surface area is 246 Å². The maximum Gasteiger partial charge on any atom is 0.301 e. The topological polar surface area (TPSA) is 101 Å². The molecule has 40 heavy (non-hydrogen) atoms. The third kappa shape index (κ3) is 4.74. The van der Waals surface area contributed by atoms with Crippen molar-refractivity contribution >= 4 is 67.3 Å². The summed E-state index contributed by atoms with van der Waals surface area (Å²) >= 11 is 6.20. The molecule has 0 bridgehead atoms. The number of fused-ring (bicyclic) bond motifs is 1. The number of anilines is 1. The number of aryl methyl sites for hydroxylation is 2. The largest absolute Gasteiger partial charge is 0.505 e. The minimum absolute atomic E-state index is 0.0230. The van der Waals surface area contributed by atoms with E-state index in [0.29, 0.717) is 32.7 Å².